The van der Waals surface area contributed by atoms with Gasteiger partial charge in [-0.25, -0.2) is 4.79 Å². The summed E-state index contributed by atoms with van der Waals surface area (Å²) in [6.07, 6.45) is 2.29. The van der Waals surface area contributed by atoms with E-state index >= 15 is 0 Å². The summed E-state index contributed by atoms with van der Waals surface area (Å²) in [6.45, 7) is 9.77. The smallest absolute Gasteiger partial charge is 0.410 e. The number of ether oxygens (including phenoxy) is 1. The number of rotatable bonds is 3. The maximum atomic E-state index is 11.8. The second-order valence-corrected chi connectivity index (χ2v) is 6.14. The lowest BCUT2D eigenvalue weighted by Crippen LogP contribution is -2.40. The fraction of sp³-hybridized carbons (Fsp3) is 0.769. The zero-order valence-electron chi connectivity index (χ0n) is 12.4. The molecule has 0 aromatic carbocycles. The van der Waals surface area contributed by atoms with Crippen molar-refractivity contribution >= 4 is 13.6 Å². The van der Waals surface area contributed by atoms with E-state index in [4.69, 9.17) is 9.39 Å². The molecule has 0 bridgehead atoms. The molecule has 19 heavy (non-hydrogen) atoms. The Morgan fingerprint density at radius 3 is 2.42 bits per heavy atom. The quantitative estimate of drug-likeness (QED) is 0.627. The minimum Gasteiger partial charge on any atom is -0.444 e. The molecule has 0 aromatic rings. The zero-order valence-corrected chi connectivity index (χ0v) is 12.4. The summed E-state index contributed by atoms with van der Waals surface area (Å²) in [4.78, 5) is 13.5. The van der Waals surface area contributed by atoms with Crippen LogP contribution in [0.2, 0.25) is 0 Å². The molecule has 107 valence electrons. The van der Waals surface area contributed by atoms with E-state index in [9.17, 15) is 9.90 Å². The maximum Gasteiger partial charge on any atom is 0.410 e. The van der Waals surface area contributed by atoms with Crippen LogP contribution in [0, 0.1) is 0 Å². The van der Waals surface area contributed by atoms with Crippen LogP contribution in [0.25, 0.3) is 0 Å². The molecule has 0 unspecified atom stereocenters. The van der Waals surface area contributed by atoms with Crippen molar-refractivity contribution in [1.82, 2.24) is 4.90 Å². The van der Waals surface area contributed by atoms with E-state index in [1.807, 2.05) is 26.8 Å². The van der Waals surface area contributed by atoms with Gasteiger partial charge in [-0.05, 0) is 41.0 Å². The summed E-state index contributed by atoms with van der Waals surface area (Å²) in [5.74, 6) is -1.18. The highest BCUT2D eigenvalue weighted by atomic mass is 16.6. The van der Waals surface area contributed by atoms with E-state index < -0.39 is 11.4 Å². The van der Waals surface area contributed by atoms with E-state index in [1.54, 1.807) is 26.2 Å². The first-order valence-corrected chi connectivity index (χ1v) is 6.47. The van der Waals surface area contributed by atoms with Gasteiger partial charge in [0.05, 0.1) is 0 Å². The largest absolute Gasteiger partial charge is 0.444 e. The summed E-state index contributed by atoms with van der Waals surface area (Å²) in [5.41, 5.74) is 0.499. The lowest BCUT2D eigenvalue weighted by atomic mass is 9.82. The molecule has 5 nitrogen and oxygen atoms in total. The summed E-state index contributed by atoms with van der Waals surface area (Å²) in [7, 11) is 1.55. The number of amides is 1. The van der Waals surface area contributed by atoms with Crippen molar-refractivity contribution in [2.75, 3.05) is 13.1 Å². The first-order chi connectivity index (χ1) is 8.57. The molecule has 0 atom stereocenters. The summed E-state index contributed by atoms with van der Waals surface area (Å²) < 4.78 is 10.5. The molecule has 1 amide bonds. The highest BCUT2D eigenvalue weighted by Crippen LogP contribution is 2.16. The predicted octanol–water partition coefficient (Wildman–Crippen LogP) is 1.88. The van der Waals surface area contributed by atoms with Gasteiger partial charge in [0.25, 0.3) is 0 Å². The van der Waals surface area contributed by atoms with E-state index in [-0.39, 0.29) is 6.09 Å². The molecule has 0 spiro atoms. The first-order valence-electron chi connectivity index (χ1n) is 6.47. The normalized spacial score (nSPS) is 16.9. The van der Waals surface area contributed by atoms with Gasteiger partial charge in [0, 0.05) is 13.1 Å². The topological polar surface area (TPSA) is 59.0 Å². The number of aliphatic hydroxyl groups is 1. The second-order valence-electron chi connectivity index (χ2n) is 6.14. The molecular formula is C13H23BNO4. The lowest BCUT2D eigenvalue weighted by Gasteiger charge is -2.30. The van der Waals surface area contributed by atoms with Gasteiger partial charge in [-0.15, -0.1) is 0 Å². The maximum absolute atomic E-state index is 11.8. The first kappa shape index (κ1) is 16.1. The van der Waals surface area contributed by atoms with Gasteiger partial charge in [0.15, 0.2) is 0 Å². The Balaban J connectivity index is 2.43. The van der Waals surface area contributed by atoms with Crippen LogP contribution >= 0.6 is 0 Å². The summed E-state index contributed by atoms with van der Waals surface area (Å²) in [5, 5.41) is 9.45. The van der Waals surface area contributed by atoms with Crippen molar-refractivity contribution in [3.8, 4) is 0 Å². The van der Waals surface area contributed by atoms with E-state index in [0.29, 0.717) is 19.5 Å². The molecule has 0 aliphatic carbocycles. The van der Waals surface area contributed by atoms with Crippen molar-refractivity contribution in [3.05, 3.63) is 11.5 Å². The molecule has 1 N–H and O–H groups in total. The minimum absolute atomic E-state index is 0.300. The van der Waals surface area contributed by atoms with Crippen LogP contribution in [0.15, 0.2) is 11.5 Å². The third-order valence-electron chi connectivity index (χ3n) is 2.39. The standard InChI is InChI=1S/C13H23BNO4/c1-12(2,3)18-11(16)15-8-6-10(7-9-15)14-19-13(4,5)17/h6,17H,7-9H2,1-5H3. The molecule has 0 aromatic heterocycles. The van der Waals surface area contributed by atoms with Crippen molar-refractivity contribution in [3.63, 3.8) is 0 Å². The predicted molar refractivity (Wildman–Crippen MR) is 73.6 cm³/mol. The van der Waals surface area contributed by atoms with Crippen LogP contribution in [0.1, 0.15) is 41.0 Å². The van der Waals surface area contributed by atoms with Gasteiger partial charge in [0.1, 0.15) is 11.4 Å². The Bertz CT molecular complexity index is 355. The van der Waals surface area contributed by atoms with E-state index in [2.05, 4.69) is 0 Å². The third kappa shape index (κ3) is 6.64. The van der Waals surface area contributed by atoms with Gasteiger partial charge >= 0.3 is 13.6 Å². The van der Waals surface area contributed by atoms with Crippen LogP contribution in [0.4, 0.5) is 4.79 Å². The Kier molecular flexibility index (Phi) is 5.04. The number of carbonyl (C=O) groups is 1. The highest BCUT2D eigenvalue weighted by Gasteiger charge is 2.24. The third-order valence-corrected chi connectivity index (χ3v) is 2.39. The summed E-state index contributed by atoms with van der Waals surface area (Å²) in [6, 6.07) is 0. The molecule has 1 aliphatic heterocycles. The van der Waals surface area contributed by atoms with Crippen LogP contribution in [0.5, 0.6) is 0 Å². The molecule has 1 heterocycles. The zero-order chi connectivity index (χ0) is 14.7. The Morgan fingerprint density at radius 2 is 2.00 bits per heavy atom. The Hall–Kier alpha value is -1.01. The SMILES string of the molecule is CC(C)(C)OC(=O)N1CC=C([B]OC(C)(C)O)CC1. The molecule has 6 heteroatoms. The minimum atomic E-state index is -1.18. The number of carbonyl (C=O) groups excluding carboxylic acids is 1. The fourth-order valence-electron chi connectivity index (χ4n) is 1.50. The van der Waals surface area contributed by atoms with Gasteiger partial charge in [-0.1, -0.05) is 11.5 Å². The Labute approximate surface area is 115 Å². The molecule has 0 saturated heterocycles. The summed E-state index contributed by atoms with van der Waals surface area (Å²) >= 11 is 0. The molecule has 0 fully saturated rings. The van der Waals surface area contributed by atoms with Crippen molar-refractivity contribution < 1.29 is 19.3 Å². The number of hydrogen-bond acceptors (Lipinski definition) is 4. The van der Waals surface area contributed by atoms with Crippen molar-refractivity contribution in [2.24, 2.45) is 0 Å². The van der Waals surface area contributed by atoms with Crippen LogP contribution in [-0.2, 0) is 9.39 Å². The van der Waals surface area contributed by atoms with Gasteiger partial charge < -0.3 is 19.4 Å². The fourth-order valence-corrected chi connectivity index (χ4v) is 1.50. The van der Waals surface area contributed by atoms with Crippen LogP contribution in [-0.4, -0.2) is 48.1 Å². The van der Waals surface area contributed by atoms with Gasteiger partial charge in [-0.2, -0.15) is 0 Å². The highest BCUT2D eigenvalue weighted by molar-refractivity contribution is 6.38. The second kappa shape index (κ2) is 5.97. The van der Waals surface area contributed by atoms with Crippen LogP contribution < -0.4 is 0 Å². The molecule has 1 radical (unpaired) electrons. The van der Waals surface area contributed by atoms with Crippen LogP contribution in [0.3, 0.4) is 0 Å². The van der Waals surface area contributed by atoms with Crippen molar-refractivity contribution in [1.29, 1.82) is 0 Å². The molecule has 1 rings (SSSR count). The molecular weight excluding hydrogens is 245 g/mol. The average Bonchev–Trinajstić information content (AvgIpc) is 2.23. The Morgan fingerprint density at radius 1 is 1.37 bits per heavy atom. The molecule has 0 saturated carbocycles. The van der Waals surface area contributed by atoms with E-state index in [0.717, 1.165) is 5.47 Å². The van der Waals surface area contributed by atoms with Gasteiger partial charge in [0.2, 0.25) is 0 Å². The van der Waals surface area contributed by atoms with Gasteiger partial charge in [-0.3, -0.25) is 0 Å². The van der Waals surface area contributed by atoms with Crippen molar-refractivity contribution in [2.45, 2.75) is 52.4 Å². The lowest BCUT2D eigenvalue weighted by molar-refractivity contribution is -0.103. The van der Waals surface area contributed by atoms with E-state index in [1.165, 1.54) is 0 Å². The molecule has 1 aliphatic rings. The average molecular weight is 268 g/mol. The number of nitrogens with zero attached hydrogens (tertiary/aromatic N) is 1. The number of hydrogen-bond donors (Lipinski definition) is 1. The monoisotopic (exact) mass is 268 g/mol.